The van der Waals surface area contributed by atoms with E-state index in [2.05, 4.69) is 179 Å². The molecule has 2 aromatic heterocycles. The summed E-state index contributed by atoms with van der Waals surface area (Å²) in [6.07, 6.45) is 7.08. The monoisotopic (exact) mass is 640 g/mol. The van der Waals surface area contributed by atoms with Crippen molar-refractivity contribution in [2.75, 3.05) is 4.90 Å². The van der Waals surface area contributed by atoms with E-state index in [0.29, 0.717) is 5.95 Å². The molecule has 2 aliphatic rings. The van der Waals surface area contributed by atoms with E-state index in [1.807, 2.05) is 12.1 Å². The van der Waals surface area contributed by atoms with E-state index in [1.54, 1.807) is 0 Å². The van der Waals surface area contributed by atoms with Crippen molar-refractivity contribution < 1.29 is 0 Å². The Hall–Kier alpha value is -6.52. The van der Waals surface area contributed by atoms with E-state index in [9.17, 15) is 0 Å². The number of allylic oxidation sites excluding steroid dienone is 2. The quantitative estimate of drug-likeness (QED) is 0.188. The molecular formula is C46H32N4. The normalized spacial score (nSPS) is 16.4. The molecule has 1 aliphatic heterocycles. The predicted octanol–water partition coefficient (Wildman–Crippen LogP) is 11.2. The highest BCUT2D eigenvalue weighted by Gasteiger charge is 2.39. The number of rotatable bonds is 5. The zero-order valence-electron chi connectivity index (χ0n) is 27.3. The van der Waals surface area contributed by atoms with Gasteiger partial charge in [-0.1, -0.05) is 140 Å². The van der Waals surface area contributed by atoms with Gasteiger partial charge < -0.3 is 9.47 Å². The molecule has 236 valence electrons. The summed E-state index contributed by atoms with van der Waals surface area (Å²) in [6.45, 7) is 0. The summed E-state index contributed by atoms with van der Waals surface area (Å²) >= 11 is 0. The second-order valence-electron chi connectivity index (χ2n) is 13.0. The van der Waals surface area contributed by atoms with Gasteiger partial charge in [-0.05, 0) is 59.2 Å². The summed E-state index contributed by atoms with van der Waals surface area (Å²) in [7, 11) is 0. The molecule has 0 N–H and O–H groups in total. The van der Waals surface area contributed by atoms with Crippen LogP contribution in [0.2, 0.25) is 0 Å². The van der Waals surface area contributed by atoms with Crippen molar-refractivity contribution in [1.82, 2.24) is 14.5 Å². The van der Waals surface area contributed by atoms with E-state index in [-0.39, 0.29) is 12.0 Å². The highest BCUT2D eigenvalue weighted by atomic mass is 15.3. The summed E-state index contributed by atoms with van der Waals surface area (Å²) in [5.41, 5.74) is 12.4. The first-order chi connectivity index (χ1) is 24.8. The topological polar surface area (TPSA) is 34.0 Å². The molecule has 50 heavy (non-hydrogen) atoms. The molecule has 8 aromatic rings. The number of fused-ring (bicyclic) bond motifs is 6. The Labute approximate surface area is 290 Å². The summed E-state index contributed by atoms with van der Waals surface area (Å²) in [6, 6.07) is 58.0. The Morgan fingerprint density at radius 2 is 1.12 bits per heavy atom. The molecule has 4 heteroatoms. The van der Waals surface area contributed by atoms with E-state index < -0.39 is 0 Å². The van der Waals surface area contributed by atoms with Crippen molar-refractivity contribution in [3.8, 4) is 28.2 Å². The maximum atomic E-state index is 5.23. The number of aromatic nitrogens is 3. The Morgan fingerprint density at radius 3 is 1.86 bits per heavy atom. The highest BCUT2D eigenvalue weighted by molar-refractivity contribution is 6.10. The number of anilines is 2. The van der Waals surface area contributed by atoms with Crippen molar-refractivity contribution in [2.45, 2.75) is 12.0 Å². The molecule has 0 spiro atoms. The first kappa shape index (κ1) is 28.5. The lowest BCUT2D eigenvalue weighted by molar-refractivity contribution is 0.732. The minimum absolute atomic E-state index is 0.0505. The SMILES string of the molecule is C1=CC2C(C=C1c1ccc3c(c1)c1ccccc1n3-c1ccccc1)c1ccccc1N2c1nc(-c2ccccc2)cc(-c2ccccc2)n1. The molecule has 10 rings (SSSR count). The number of hydrogen-bond acceptors (Lipinski definition) is 3. The van der Waals surface area contributed by atoms with Crippen molar-refractivity contribution in [2.24, 2.45) is 0 Å². The van der Waals surface area contributed by atoms with Gasteiger partial charge in [-0.2, -0.15) is 0 Å². The fraction of sp³-hybridized carbons (Fsp3) is 0.0435. The second kappa shape index (κ2) is 11.6. The Balaban J connectivity index is 1.09. The summed E-state index contributed by atoms with van der Waals surface area (Å²) in [5.74, 6) is 0.860. The molecule has 0 saturated carbocycles. The minimum Gasteiger partial charge on any atom is -0.309 e. The molecule has 2 unspecified atom stereocenters. The van der Waals surface area contributed by atoms with Gasteiger partial charge in [-0.25, -0.2) is 9.97 Å². The van der Waals surface area contributed by atoms with Crippen molar-refractivity contribution in [1.29, 1.82) is 0 Å². The van der Waals surface area contributed by atoms with Crippen LogP contribution < -0.4 is 4.90 Å². The molecule has 2 atom stereocenters. The minimum atomic E-state index is 0.0505. The van der Waals surface area contributed by atoms with Crippen LogP contribution in [0.25, 0.3) is 55.6 Å². The van der Waals surface area contributed by atoms with E-state index in [1.165, 1.54) is 44.2 Å². The van der Waals surface area contributed by atoms with Gasteiger partial charge in [0.2, 0.25) is 5.95 Å². The molecule has 0 saturated heterocycles. The average Bonchev–Trinajstić information content (AvgIpc) is 3.71. The van der Waals surface area contributed by atoms with Gasteiger partial charge in [0.25, 0.3) is 0 Å². The van der Waals surface area contributed by atoms with Crippen molar-refractivity contribution in [3.05, 3.63) is 193 Å². The first-order valence-corrected chi connectivity index (χ1v) is 17.2. The molecule has 0 radical (unpaired) electrons. The Morgan fingerprint density at radius 1 is 0.500 bits per heavy atom. The van der Waals surface area contributed by atoms with Crippen LogP contribution in [-0.4, -0.2) is 20.6 Å². The third-order valence-electron chi connectivity index (χ3n) is 10.1. The van der Waals surface area contributed by atoms with Crippen LogP contribution in [0.3, 0.4) is 0 Å². The van der Waals surface area contributed by atoms with Gasteiger partial charge >= 0.3 is 0 Å². The van der Waals surface area contributed by atoms with Crippen LogP contribution in [0.15, 0.2) is 182 Å². The third kappa shape index (κ3) is 4.61. The van der Waals surface area contributed by atoms with Gasteiger partial charge in [-0.3, -0.25) is 0 Å². The second-order valence-corrected chi connectivity index (χ2v) is 13.0. The van der Waals surface area contributed by atoms with E-state index in [0.717, 1.165) is 28.2 Å². The third-order valence-corrected chi connectivity index (χ3v) is 10.1. The number of nitrogens with zero attached hydrogens (tertiary/aromatic N) is 4. The lowest BCUT2D eigenvalue weighted by atomic mass is 9.86. The largest absolute Gasteiger partial charge is 0.309 e. The van der Waals surface area contributed by atoms with Crippen LogP contribution in [0.5, 0.6) is 0 Å². The number of hydrogen-bond donors (Lipinski definition) is 0. The van der Waals surface area contributed by atoms with Crippen LogP contribution in [-0.2, 0) is 0 Å². The molecule has 6 aromatic carbocycles. The van der Waals surface area contributed by atoms with Gasteiger partial charge in [-0.15, -0.1) is 0 Å². The van der Waals surface area contributed by atoms with Crippen LogP contribution in [0.4, 0.5) is 11.6 Å². The lowest BCUT2D eigenvalue weighted by Crippen LogP contribution is -2.30. The summed E-state index contributed by atoms with van der Waals surface area (Å²) < 4.78 is 2.37. The van der Waals surface area contributed by atoms with Gasteiger partial charge in [0.15, 0.2) is 0 Å². The smallest absolute Gasteiger partial charge is 0.231 e. The number of benzene rings is 6. The Kier molecular flexibility index (Phi) is 6.59. The summed E-state index contributed by atoms with van der Waals surface area (Å²) in [5, 5.41) is 2.51. The van der Waals surface area contributed by atoms with Crippen molar-refractivity contribution in [3.63, 3.8) is 0 Å². The van der Waals surface area contributed by atoms with Crippen LogP contribution >= 0.6 is 0 Å². The zero-order valence-corrected chi connectivity index (χ0v) is 27.3. The zero-order chi connectivity index (χ0) is 33.0. The molecule has 4 nitrogen and oxygen atoms in total. The number of para-hydroxylation sites is 3. The first-order valence-electron chi connectivity index (χ1n) is 17.2. The molecule has 3 heterocycles. The fourth-order valence-corrected chi connectivity index (χ4v) is 7.84. The molecule has 1 aliphatic carbocycles. The standard InChI is InChI=1S/C46H32N4/c1-4-14-31(15-5-1)40-30-41(32-16-6-2-7-17-32)48-46(47-40)50-43-23-13-11-21-37(43)39-29-34(25-27-45(39)50)33-24-26-44-38(28-33)36-20-10-12-22-42(36)49(44)35-18-8-3-9-19-35/h1-30,39,45H. The van der Waals surface area contributed by atoms with E-state index in [4.69, 9.17) is 9.97 Å². The fourth-order valence-electron chi connectivity index (χ4n) is 7.84. The lowest BCUT2D eigenvalue weighted by Gasteiger charge is -2.28. The summed E-state index contributed by atoms with van der Waals surface area (Å²) in [4.78, 5) is 12.8. The van der Waals surface area contributed by atoms with Crippen molar-refractivity contribution >= 4 is 39.0 Å². The van der Waals surface area contributed by atoms with Gasteiger partial charge in [0, 0.05) is 39.2 Å². The predicted molar refractivity (Wildman–Crippen MR) is 206 cm³/mol. The molecule has 0 fully saturated rings. The van der Waals surface area contributed by atoms with Crippen LogP contribution in [0, 0.1) is 0 Å². The Bertz CT molecular complexity index is 2540. The molecule has 0 amide bonds. The maximum Gasteiger partial charge on any atom is 0.231 e. The van der Waals surface area contributed by atoms with Crippen LogP contribution in [0.1, 0.15) is 17.0 Å². The van der Waals surface area contributed by atoms with Gasteiger partial charge in [0.1, 0.15) is 0 Å². The highest BCUT2D eigenvalue weighted by Crippen LogP contribution is 2.49. The molecule has 0 bridgehead atoms. The van der Waals surface area contributed by atoms with E-state index >= 15 is 0 Å². The van der Waals surface area contributed by atoms with Gasteiger partial charge in [0.05, 0.1) is 28.5 Å². The maximum absolute atomic E-state index is 5.23. The average molecular weight is 641 g/mol. The molecular weight excluding hydrogens is 609 g/mol.